The Morgan fingerprint density at radius 1 is 1.22 bits per heavy atom. The highest BCUT2D eigenvalue weighted by Crippen LogP contribution is 2.20. The number of nitrogens with zero attached hydrogens (tertiary/aromatic N) is 3. The molecule has 1 aromatic carbocycles. The van der Waals surface area contributed by atoms with Gasteiger partial charge in [-0.2, -0.15) is 0 Å². The molecule has 8 heteroatoms. The molecule has 0 radical (unpaired) electrons. The van der Waals surface area contributed by atoms with E-state index in [1.807, 2.05) is 12.1 Å². The standard InChI is InChI=1S/C19H18N4O4/c24-17(23-6-8-26-9-7-23)12-27-19(25)13-3-4-15-16(10-13)22-18(21-15)14-2-1-5-20-11-14/h1-5,10-11H,6-9,12H2,(H,21,22). The number of benzene rings is 1. The van der Waals surface area contributed by atoms with E-state index in [1.54, 1.807) is 35.5 Å². The number of aromatic amines is 1. The maximum atomic E-state index is 12.3. The number of hydrogen-bond donors (Lipinski definition) is 1. The number of esters is 1. The molecule has 0 atom stereocenters. The van der Waals surface area contributed by atoms with Gasteiger partial charge in [0.2, 0.25) is 0 Å². The third kappa shape index (κ3) is 3.80. The van der Waals surface area contributed by atoms with Crippen molar-refractivity contribution < 1.29 is 19.1 Å². The van der Waals surface area contributed by atoms with Crippen molar-refractivity contribution in [2.45, 2.75) is 0 Å². The number of pyridine rings is 1. The molecule has 0 aliphatic carbocycles. The first-order valence-corrected chi connectivity index (χ1v) is 8.63. The van der Waals surface area contributed by atoms with Gasteiger partial charge in [-0.15, -0.1) is 0 Å². The summed E-state index contributed by atoms with van der Waals surface area (Å²) in [6.07, 6.45) is 3.41. The summed E-state index contributed by atoms with van der Waals surface area (Å²) >= 11 is 0. The minimum Gasteiger partial charge on any atom is -0.452 e. The molecule has 27 heavy (non-hydrogen) atoms. The molecule has 4 rings (SSSR count). The van der Waals surface area contributed by atoms with Crippen molar-refractivity contribution in [2.24, 2.45) is 0 Å². The SMILES string of the molecule is O=C(OCC(=O)N1CCOCC1)c1ccc2nc(-c3cccnc3)[nH]c2c1. The molecule has 0 spiro atoms. The van der Waals surface area contributed by atoms with Crippen molar-refractivity contribution in [3.63, 3.8) is 0 Å². The Hall–Kier alpha value is -3.26. The first kappa shape index (κ1) is 17.2. The van der Waals surface area contributed by atoms with Gasteiger partial charge in [0.25, 0.3) is 5.91 Å². The van der Waals surface area contributed by atoms with E-state index in [2.05, 4.69) is 15.0 Å². The highest BCUT2D eigenvalue weighted by atomic mass is 16.5. The average Bonchev–Trinajstić information content (AvgIpc) is 3.16. The number of imidazole rings is 1. The van der Waals surface area contributed by atoms with E-state index in [-0.39, 0.29) is 12.5 Å². The van der Waals surface area contributed by atoms with Crippen LogP contribution in [-0.4, -0.2) is 64.6 Å². The van der Waals surface area contributed by atoms with Crippen molar-refractivity contribution in [3.05, 3.63) is 48.3 Å². The number of amides is 1. The third-order valence-corrected chi connectivity index (χ3v) is 4.34. The van der Waals surface area contributed by atoms with Gasteiger partial charge >= 0.3 is 5.97 Å². The van der Waals surface area contributed by atoms with Crippen LogP contribution in [0.3, 0.4) is 0 Å². The summed E-state index contributed by atoms with van der Waals surface area (Å²) in [5.74, 6) is -0.0877. The Morgan fingerprint density at radius 3 is 2.85 bits per heavy atom. The Balaban J connectivity index is 1.45. The summed E-state index contributed by atoms with van der Waals surface area (Å²) in [7, 11) is 0. The van der Waals surface area contributed by atoms with E-state index in [9.17, 15) is 9.59 Å². The van der Waals surface area contributed by atoms with Crippen molar-refractivity contribution in [3.8, 4) is 11.4 Å². The molecule has 1 N–H and O–H groups in total. The van der Waals surface area contributed by atoms with Crippen LogP contribution in [0.4, 0.5) is 0 Å². The topological polar surface area (TPSA) is 97.4 Å². The zero-order valence-corrected chi connectivity index (χ0v) is 14.6. The van der Waals surface area contributed by atoms with Crippen LogP contribution in [0.5, 0.6) is 0 Å². The van der Waals surface area contributed by atoms with Crippen molar-refractivity contribution >= 4 is 22.9 Å². The minimum absolute atomic E-state index is 0.215. The average molecular weight is 366 g/mol. The predicted octanol–water partition coefficient (Wildman–Crippen LogP) is 1.64. The zero-order chi connectivity index (χ0) is 18.6. The van der Waals surface area contributed by atoms with Gasteiger partial charge in [0.05, 0.1) is 29.8 Å². The van der Waals surface area contributed by atoms with Gasteiger partial charge < -0.3 is 19.4 Å². The highest BCUT2D eigenvalue weighted by Gasteiger charge is 2.19. The Kier molecular flexibility index (Phi) is 4.80. The molecular formula is C19H18N4O4. The molecule has 2 aromatic heterocycles. The van der Waals surface area contributed by atoms with Crippen molar-refractivity contribution in [1.29, 1.82) is 0 Å². The first-order valence-electron chi connectivity index (χ1n) is 8.63. The highest BCUT2D eigenvalue weighted by molar-refractivity contribution is 5.95. The second-order valence-corrected chi connectivity index (χ2v) is 6.13. The van der Waals surface area contributed by atoms with Gasteiger partial charge in [0.1, 0.15) is 5.82 Å². The van der Waals surface area contributed by atoms with Crippen LogP contribution in [0.1, 0.15) is 10.4 Å². The second-order valence-electron chi connectivity index (χ2n) is 6.13. The lowest BCUT2D eigenvalue weighted by Crippen LogP contribution is -2.42. The molecule has 1 saturated heterocycles. The van der Waals surface area contributed by atoms with Crippen LogP contribution in [0.15, 0.2) is 42.7 Å². The van der Waals surface area contributed by atoms with Crippen molar-refractivity contribution in [1.82, 2.24) is 19.9 Å². The molecular weight excluding hydrogens is 348 g/mol. The van der Waals surface area contributed by atoms with Crippen LogP contribution in [0, 0.1) is 0 Å². The number of aromatic nitrogens is 3. The molecule has 1 aliphatic rings. The van der Waals surface area contributed by atoms with E-state index < -0.39 is 5.97 Å². The Bertz CT molecular complexity index is 964. The minimum atomic E-state index is -0.545. The number of rotatable bonds is 4. The maximum absolute atomic E-state index is 12.3. The van der Waals surface area contributed by atoms with Gasteiger partial charge in [-0.1, -0.05) is 0 Å². The van der Waals surface area contributed by atoms with Crippen LogP contribution in [0.25, 0.3) is 22.4 Å². The number of morpholine rings is 1. The van der Waals surface area contributed by atoms with E-state index in [4.69, 9.17) is 9.47 Å². The fraction of sp³-hybridized carbons (Fsp3) is 0.263. The van der Waals surface area contributed by atoms with E-state index in [0.717, 1.165) is 11.1 Å². The smallest absolute Gasteiger partial charge is 0.338 e. The lowest BCUT2D eigenvalue weighted by Gasteiger charge is -2.26. The Morgan fingerprint density at radius 2 is 2.07 bits per heavy atom. The van der Waals surface area contributed by atoms with E-state index in [1.165, 1.54) is 0 Å². The fourth-order valence-corrected chi connectivity index (χ4v) is 2.89. The molecule has 1 aliphatic heterocycles. The largest absolute Gasteiger partial charge is 0.452 e. The molecule has 3 heterocycles. The maximum Gasteiger partial charge on any atom is 0.338 e. The van der Waals surface area contributed by atoms with Gasteiger partial charge in [-0.3, -0.25) is 9.78 Å². The molecule has 138 valence electrons. The number of fused-ring (bicyclic) bond motifs is 1. The number of H-pyrrole nitrogens is 1. The lowest BCUT2D eigenvalue weighted by molar-refractivity contribution is -0.138. The van der Waals surface area contributed by atoms with Crippen LogP contribution in [-0.2, 0) is 14.3 Å². The molecule has 1 fully saturated rings. The van der Waals surface area contributed by atoms with Crippen molar-refractivity contribution in [2.75, 3.05) is 32.9 Å². The van der Waals surface area contributed by atoms with E-state index >= 15 is 0 Å². The first-order chi connectivity index (χ1) is 13.2. The summed E-state index contributed by atoms with van der Waals surface area (Å²) in [5, 5.41) is 0. The summed E-state index contributed by atoms with van der Waals surface area (Å²) in [5.41, 5.74) is 2.66. The zero-order valence-electron chi connectivity index (χ0n) is 14.6. The van der Waals surface area contributed by atoms with Crippen LogP contribution in [0.2, 0.25) is 0 Å². The number of hydrogen-bond acceptors (Lipinski definition) is 6. The summed E-state index contributed by atoms with van der Waals surface area (Å²) in [6.45, 7) is 1.78. The third-order valence-electron chi connectivity index (χ3n) is 4.34. The summed E-state index contributed by atoms with van der Waals surface area (Å²) in [4.78, 5) is 37.8. The number of carbonyl (C=O) groups is 2. The van der Waals surface area contributed by atoms with Crippen LogP contribution < -0.4 is 0 Å². The van der Waals surface area contributed by atoms with E-state index in [0.29, 0.717) is 43.2 Å². The number of nitrogens with one attached hydrogen (secondary N) is 1. The molecule has 0 unspecified atom stereocenters. The van der Waals surface area contributed by atoms with Gasteiger partial charge in [-0.25, -0.2) is 9.78 Å². The lowest BCUT2D eigenvalue weighted by atomic mass is 10.2. The quantitative estimate of drug-likeness (QED) is 0.705. The molecule has 0 saturated carbocycles. The molecule has 0 bridgehead atoms. The monoisotopic (exact) mass is 366 g/mol. The second kappa shape index (κ2) is 7.55. The fourth-order valence-electron chi connectivity index (χ4n) is 2.89. The molecule has 1 amide bonds. The van der Waals surface area contributed by atoms with Gasteiger partial charge in [-0.05, 0) is 30.3 Å². The number of carbonyl (C=O) groups excluding carboxylic acids is 2. The Labute approximate surface area is 155 Å². The summed E-state index contributed by atoms with van der Waals surface area (Å²) in [6, 6.07) is 8.78. The van der Waals surface area contributed by atoms with Crippen LogP contribution >= 0.6 is 0 Å². The van der Waals surface area contributed by atoms with Gasteiger partial charge in [0.15, 0.2) is 6.61 Å². The van der Waals surface area contributed by atoms with Gasteiger partial charge in [0, 0.05) is 31.0 Å². The molecule has 8 nitrogen and oxygen atoms in total. The normalized spacial score (nSPS) is 14.3. The predicted molar refractivity (Wildman–Crippen MR) is 97.0 cm³/mol. The number of ether oxygens (including phenoxy) is 2. The molecule has 3 aromatic rings. The summed E-state index contributed by atoms with van der Waals surface area (Å²) < 4.78 is 10.4.